The van der Waals surface area contributed by atoms with Crippen molar-refractivity contribution in [1.82, 2.24) is 5.32 Å². The summed E-state index contributed by atoms with van der Waals surface area (Å²) in [5, 5.41) is 2.82. The van der Waals surface area contributed by atoms with Crippen LogP contribution in [0.1, 0.15) is 39.3 Å². The van der Waals surface area contributed by atoms with E-state index in [-0.39, 0.29) is 23.3 Å². The number of carbonyl (C=O) groups excluding carboxylic acids is 1. The van der Waals surface area contributed by atoms with E-state index in [2.05, 4.69) is 15.0 Å². The molecule has 1 amide bonds. The summed E-state index contributed by atoms with van der Waals surface area (Å²) in [7, 11) is 0. The summed E-state index contributed by atoms with van der Waals surface area (Å²) in [5.74, 6) is -0.849. The highest BCUT2D eigenvalue weighted by Gasteiger charge is 2.45. The molecule has 132 valence electrons. The first-order valence-electron chi connectivity index (χ1n) is 7.46. The predicted octanol–water partition coefficient (Wildman–Crippen LogP) is 3.56. The van der Waals surface area contributed by atoms with Crippen molar-refractivity contribution < 1.29 is 27.4 Å². The van der Waals surface area contributed by atoms with Crippen molar-refractivity contribution in [2.24, 2.45) is 10.9 Å². The molecule has 0 fully saturated rings. The Morgan fingerprint density at radius 3 is 2.42 bits per heavy atom. The Hall–Kier alpha value is -2.25. The number of aliphatic imine (C=N–C) groups is 1. The van der Waals surface area contributed by atoms with Crippen molar-refractivity contribution in [2.45, 2.75) is 45.7 Å². The molecule has 8 heteroatoms. The van der Waals surface area contributed by atoms with Crippen LogP contribution < -0.4 is 10.1 Å². The Labute approximate surface area is 137 Å². The lowest BCUT2D eigenvalue weighted by atomic mass is 9.92. The summed E-state index contributed by atoms with van der Waals surface area (Å²) in [6.07, 6.45) is -4.79. The molecule has 0 radical (unpaired) electrons. The zero-order chi connectivity index (χ0) is 18.1. The lowest BCUT2D eigenvalue weighted by Gasteiger charge is -2.26. The number of hydrogen-bond acceptors (Lipinski definition) is 4. The number of amidine groups is 1. The SMILES string of the molecule is CC(C)C1(C)OC(N[C@@H](C)c2ccccc2OC(F)(F)F)=NC1=O. The Bertz CT molecular complexity index is 658. The third-order valence-corrected chi connectivity index (χ3v) is 3.99. The molecule has 0 bridgehead atoms. The number of benzene rings is 1. The molecule has 0 saturated heterocycles. The minimum absolute atomic E-state index is 0.00879. The van der Waals surface area contributed by atoms with Gasteiger partial charge in [-0.25, -0.2) is 0 Å². The van der Waals surface area contributed by atoms with Gasteiger partial charge >= 0.3 is 6.36 Å². The monoisotopic (exact) mass is 344 g/mol. The highest BCUT2D eigenvalue weighted by molar-refractivity contribution is 6.01. The molecule has 0 spiro atoms. The topological polar surface area (TPSA) is 59.9 Å². The van der Waals surface area contributed by atoms with Gasteiger partial charge in [-0.05, 0) is 19.9 Å². The van der Waals surface area contributed by atoms with E-state index in [1.165, 1.54) is 18.2 Å². The number of amides is 1. The number of ether oxygens (including phenoxy) is 2. The fraction of sp³-hybridized carbons (Fsp3) is 0.500. The molecule has 0 aliphatic carbocycles. The minimum atomic E-state index is -4.79. The van der Waals surface area contributed by atoms with Gasteiger partial charge in [-0.2, -0.15) is 4.99 Å². The summed E-state index contributed by atoms with van der Waals surface area (Å²) < 4.78 is 47.1. The largest absolute Gasteiger partial charge is 0.573 e. The van der Waals surface area contributed by atoms with Crippen LogP contribution in [0.2, 0.25) is 0 Å². The molecule has 5 nitrogen and oxygen atoms in total. The normalized spacial score (nSPS) is 22.2. The van der Waals surface area contributed by atoms with E-state index in [0.29, 0.717) is 0 Å². The lowest BCUT2D eigenvalue weighted by Crippen LogP contribution is -2.41. The molecule has 1 N–H and O–H groups in total. The molecule has 1 aromatic rings. The van der Waals surface area contributed by atoms with Gasteiger partial charge in [0.2, 0.25) is 0 Å². The Balaban J connectivity index is 2.16. The standard InChI is InChI=1S/C16H19F3N2O3/c1-9(2)15(4)13(22)21-14(24-15)20-10(3)11-7-5-6-8-12(11)23-16(17,18)19/h5-10H,1-4H3,(H,20,21,22)/t10-,15?/m0/s1. The number of carbonyl (C=O) groups is 1. The number of nitrogens with one attached hydrogen (secondary N) is 1. The van der Waals surface area contributed by atoms with Crippen molar-refractivity contribution in [3.8, 4) is 5.75 Å². The molecular formula is C16H19F3N2O3. The number of hydrogen-bond donors (Lipinski definition) is 1. The van der Waals surface area contributed by atoms with Crippen LogP contribution in [-0.4, -0.2) is 23.9 Å². The fourth-order valence-electron chi connectivity index (χ4n) is 2.22. The Morgan fingerprint density at radius 2 is 1.88 bits per heavy atom. The zero-order valence-electron chi connectivity index (χ0n) is 13.8. The first-order chi connectivity index (χ1) is 11.0. The maximum Gasteiger partial charge on any atom is 0.573 e. The average molecular weight is 344 g/mol. The van der Waals surface area contributed by atoms with Gasteiger partial charge in [-0.1, -0.05) is 32.0 Å². The van der Waals surface area contributed by atoms with Gasteiger partial charge in [0.1, 0.15) is 5.75 Å². The molecular weight excluding hydrogens is 325 g/mol. The van der Waals surface area contributed by atoms with Crippen LogP contribution in [0.5, 0.6) is 5.75 Å². The van der Waals surface area contributed by atoms with Crippen molar-refractivity contribution in [2.75, 3.05) is 0 Å². The highest BCUT2D eigenvalue weighted by atomic mass is 19.4. The van der Waals surface area contributed by atoms with E-state index in [9.17, 15) is 18.0 Å². The van der Waals surface area contributed by atoms with Gasteiger partial charge in [-0.15, -0.1) is 13.2 Å². The lowest BCUT2D eigenvalue weighted by molar-refractivity contribution is -0.275. The van der Waals surface area contributed by atoms with Crippen molar-refractivity contribution in [3.63, 3.8) is 0 Å². The van der Waals surface area contributed by atoms with Crippen molar-refractivity contribution in [1.29, 1.82) is 0 Å². The van der Waals surface area contributed by atoms with Gasteiger partial charge in [0.15, 0.2) is 5.60 Å². The van der Waals surface area contributed by atoms with Gasteiger partial charge < -0.3 is 14.8 Å². The summed E-state index contributed by atoms with van der Waals surface area (Å²) >= 11 is 0. The van der Waals surface area contributed by atoms with E-state index < -0.39 is 23.9 Å². The van der Waals surface area contributed by atoms with E-state index in [1.54, 1.807) is 19.9 Å². The van der Waals surface area contributed by atoms with Gasteiger partial charge in [0, 0.05) is 11.5 Å². The van der Waals surface area contributed by atoms with E-state index in [1.807, 2.05) is 13.8 Å². The van der Waals surface area contributed by atoms with Crippen molar-refractivity contribution >= 4 is 11.9 Å². The second kappa shape index (κ2) is 6.33. The van der Waals surface area contributed by atoms with Gasteiger partial charge in [0.25, 0.3) is 11.9 Å². The molecule has 1 aromatic carbocycles. The van der Waals surface area contributed by atoms with Crippen LogP contribution in [0.25, 0.3) is 0 Å². The quantitative estimate of drug-likeness (QED) is 0.907. The fourth-order valence-corrected chi connectivity index (χ4v) is 2.22. The number of para-hydroxylation sites is 1. The first-order valence-corrected chi connectivity index (χ1v) is 7.46. The maximum atomic E-state index is 12.5. The summed E-state index contributed by atoms with van der Waals surface area (Å²) in [6, 6.07) is 5.15. The minimum Gasteiger partial charge on any atom is -0.448 e. The van der Waals surface area contributed by atoms with Gasteiger partial charge in [0.05, 0.1) is 6.04 Å². The first kappa shape index (κ1) is 18.1. The summed E-state index contributed by atoms with van der Waals surface area (Å²) in [5.41, 5.74) is -0.809. The highest BCUT2D eigenvalue weighted by Crippen LogP contribution is 2.32. The number of halogens is 3. The van der Waals surface area contributed by atoms with Crippen LogP contribution in [0.4, 0.5) is 13.2 Å². The maximum absolute atomic E-state index is 12.5. The molecule has 2 atom stereocenters. The molecule has 2 rings (SSSR count). The molecule has 1 aliphatic rings. The third-order valence-electron chi connectivity index (χ3n) is 3.99. The van der Waals surface area contributed by atoms with E-state index in [4.69, 9.17) is 4.74 Å². The third kappa shape index (κ3) is 3.80. The molecule has 0 saturated carbocycles. The van der Waals surface area contributed by atoms with E-state index >= 15 is 0 Å². The van der Waals surface area contributed by atoms with Crippen molar-refractivity contribution in [3.05, 3.63) is 29.8 Å². The Morgan fingerprint density at radius 1 is 1.25 bits per heavy atom. The number of alkyl halides is 3. The van der Waals surface area contributed by atoms with Crippen LogP contribution in [0.15, 0.2) is 29.3 Å². The Kier molecular flexibility index (Phi) is 4.77. The summed E-state index contributed by atoms with van der Waals surface area (Å²) in [4.78, 5) is 15.8. The van der Waals surface area contributed by atoms with Crippen LogP contribution in [-0.2, 0) is 9.53 Å². The number of rotatable bonds is 4. The van der Waals surface area contributed by atoms with Gasteiger partial charge in [-0.3, -0.25) is 4.79 Å². The molecule has 1 aliphatic heterocycles. The summed E-state index contributed by atoms with van der Waals surface area (Å²) in [6.45, 7) is 6.90. The van der Waals surface area contributed by atoms with Crippen LogP contribution in [0.3, 0.4) is 0 Å². The zero-order valence-corrected chi connectivity index (χ0v) is 13.8. The smallest absolute Gasteiger partial charge is 0.448 e. The molecule has 24 heavy (non-hydrogen) atoms. The second-order valence-corrected chi connectivity index (χ2v) is 6.04. The predicted molar refractivity (Wildman–Crippen MR) is 81.4 cm³/mol. The van der Waals surface area contributed by atoms with E-state index in [0.717, 1.165) is 0 Å². The average Bonchev–Trinajstić information content (AvgIpc) is 2.73. The molecule has 0 aromatic heterocycles. The number of nitrogens with zero attached hydrogens (tertiary/aromatic N) is 1. The van der Waals surface area contributed by atoms with Crippen LogP contribution >= 0.6 is 0 Å². The molecule has 1 heterocycles. The molecule has 1 unspecified atom stereocenters. The second-order valence-electron chi connectivity index (χ2n) is 6.04. The van der Waals surface area contributed by atoms with Crippen LogP contribution in [0, 0.1) is 5.92 Å².